The molecule has 1 aliphatic heterocycles. The van der Waals surface area contributed by atoms with Gasteiger partial charge in [0.1, 0.15) is 0 Å². The Hall–Kier alpha value is -2.07. The van der Waals surface area contributed by atoms with Crippen LogP contribution in [0.3, 0.4) is 0 Å². The first-order valence-corrected chi connectivity index (χ1v) is 5.98. The number of alkyl halides is 3. The molecule has 7 heteroatoms. The van der Waals surface area contributed by atoms with Gasteiger partial charge in [-0.25, -0.2) is 4.85 Å². The standard InChI is InChI=1S/C13H12F3N3O/c1-17-10-4-2-3-9(12(10)13(14,15)16)8-19-6-5-18-7-11(19)20/h2-4,18H,5-8H2. The van der Waals surface area contributed by atoms with E-state index in [2.05, 4.69) is 10.2 Å². The number of hydrogen-bond donors (Lipinski definition) is 1. The van der Waals surface area contributed by atoms with Gasteiger partial charge in [-0.1, -0.05) is 18.2 Å². The molecule has 4 nitrogen and oxygen atoms in total. The lowest BCUT2D eigenvalue weighted by molar-refractivity contribution is -0.139. The Morgan fingerprint density at radius 3 is 2.75 bits per heavy atom. The molecule has 20 heavy (non-hydrogen) atoms. The van der Waals surface area contributed by atoms with Crippen LogP contribution in [-0.2, 0) is 17.5 Å². The summed E-state index contributed by atoms with van der Waals surface area (Å²) >= 11 is 0. The van der Waals surface area contributed by atoms with Gasteiger partial charge in [0.2, 0.25) is 5.91 Å². The largest absolute Gasteiger partial charge is 0.407 e. The quantitative estimate of drug-likeness (QED) is 0.845. The highest BCUT2D eigenvalue weighted by atomic mass is 19.4. The summed E-state index contributed by atoms with van der Waals surface area (Å²) in [6.07, 6.45) is -4.60. The van der Waals surface area contributed by atoms with Gasteiger partial charge in [-0.15, -0.1) is 0 Å². The number of carbonyl (C=O) groups is 1. The van der Waals surface area contributed by atoms with Crippen molar-refractivity contribution in [3.05, 3.63) is 40.7 Å². The number of hydrogen-bond acceptors (Lipinski definition) is 2. The van der Waals surface area contributed by atoms with Crippen LogP contribution in [0.2, 0.25) is 0 Å². The summed E-state index contributed by atoms with van der Waals surface area (Å²) in [5.41, 5.74) is -1.42. The molecule has 1 fully saturated rings. The van der Waals surface area contributed by atoms with E-state index in [4.69, 9.17) is 6.57 Å². The normalized spacial score (nSPS) is 16.1. The number of rotatable bonds is 2. The van der Waals surface area contributed by atoms with E-state index in [1.165, 1.54) is 17.0 Å². The zero-order chi connectivity index (χ0) is 14.8. The van der Waals surface area contributed by atoms with E-state index in [1.807, 2.05) is 0 Å². The first-order chi connectivity index (χ1) is 9.43. The molecule has 0 bridgehead atoms. The van der Waals surface area contributed by atoms with Crippen LogP contribution < -0.4 is 5.32 Å². The zero-order valence-electron chi connectivity index (χ0n) is 10.5. The van der Waals surface area contributed by atoms with Crippen molar-refractivity contribution < 1.29 is 18.0 Å². The van der Waals surface area contributed by atoms with Gasteiger partial charge in [-0.2, -0.15) is 13.2 Å². The number of amides is 1. The molecular formula is C13H12F3N3O. The number of nitrogens with zero attached hydrogens (tertiary/aromatic N) is 2. The van der Waals surface area contributed by atoms with Crippen molar-refractivity contribution in [1.82, 2.24) is 10.2 Å². The molecule has 0 aromatic heterocycles. The topological polar surface area (TPSA) is 36.7 Å². The minimum atomic E-state index is -4.60. The highest BCUT2D eigenvalue weighted by molar-refractivity contribution is 5.79. The van der Waals surface area contributed by atoms with E-state index in [9.17, 15) is 18.0 Å². The van der Waals surface area contributed by atoms with Gasteiger partial charge in [-0.3, -0.25) is 4.79 Å². The molecule has 106 valence electrons. The molecule has 1 aromatic carbocycles. The third-order valence-electron chi connectivity index (χ3n) is 3.08. The van der Waals surface area contributed by atoms with Crippen LogP contribution in [0.5, 0.6) is 0 Å². The molecular weight excluding hydrogens is 271 g/mol. The lowest BCUT2D eigenvalue weighted by Crippen LogP contribution is -2.47. The average Bonchev–Trinajstić information content (AvgIpc) is 2.40. The second-order valence-electron chi connectivity index (χ2n) is 4.41. The molecule has 1 heterocycles. The van der Waals surface area contributed by atoms with E-state index >= 15 is 0 Å². The Morgan fingerprint density at radius 2 is 2.15 bits per heavy atom. The molecule has 0 saturated carbocycles. The van der Waals surface area contributed by atoms with E-state index in [-0.39, 0.29) is 24.6 Å². The predicted octanol–water partition coefficient (Wildman–Crippen LogP) is 2.19. The summed E-state index contributed by atoms with van der Waals surface area (Å²) in [6.45, 7) is 7.77. The Labute approximate surface area is 114 Å². The van der Waals surface area contributed by atoms with Crippen molar-refractivity contribution in [2.45, 2.75) is 12.7 Å². The summed E-state index contributed by atoms with van der Waals surface area (Å²) in [7, 11) is 0. The second-order valence-corrected chi connectivity index (χ2v) is 4.41. The molecule has 0 unspecified atom stereocenters. The maximum absolute atomic E-state index is 13.1. The first-order valence-electron chi connectivity index (χ1n) is 5.98. The SMILES string of the molecule is [C-]#[N+]c1cccc(CN2CCNCC2=O)c1C(F)(F)F. The highest BCUT2D eigenvalue weighted by Gasteiger charge is 2.36. The van der Waals surface area contributed by atoms with Crippen molar-refractivity contribution in [1.29, 1.82) is 0 Å². The minimum absolute atomic E-state index is 0.0405. The number of piperazine rings is 1. The number of nitrogens with one attached hydrogen (secondary N) is 1. The van der Waals surface area contributed by atoms with Crippen molar-refractivity contribution in [3.8, 4) is 0 Å². The maximum Gasteiger partial charge on any atom is 0.407 e. The van der Waals surface area contributed by atoms with Crippen LogP contribution >= 0.6 is 0 Å². The zero-order valence-corrected chi connectivity index (χ0v) is 10.5. The Kier molecular flexibility index (Phi) is 3.95. The van der Waals surface area contributed by atoms with Crippen LogP contribution in [0.25, 0.3) is 4.85 Å². The molecule has 1 saturated heterocycles. The smallest absolute Gasteiger partial charge is 0.336 e. The van der Waals surface area contributed by atoms with E-state index < -0.39 is 17.4 Å². The van der Waals surface area contributed by atoms with Crippen LogP contribution in [0, 0.1) is 6.57 Å². The Bertz CT molecular complexity index is 563. The number of halogens is 3. The average molecular weight is 283 g/mol. The van der Waals surface area contributed by atoms with Gasteiger partial charge in [0.15, 0.2) is 5.69 Å². The van der Waals surface area contributed by atoms with Gasteiger partial charge in [0, 0.05) is 19.6 Å². The monoisotopic (exact) mass is 283 g/mol. The summed E-state index contributed by atoms with van der Waals surface area (Å²) in [4.78, 5) is 15.9. The van der Waals surface area contributed by atoms with Crippen molar-refractivity contribution in [2.75, 3.05) is 19.6 Å². The van der Waals surface area contributed by atoms with Gasteiger partial charge in [0.05, 0.1) is 18.7 Å². The fraction of sp³-hybridized carbons (Fsp3) is 0.385. The molecule has 0 spiro atoms. The van der Waals surface area contributed by atoms with Crippen molar-refractivity contribution in [3.63, 3.8) is 0 Å². The molecule has 0 aliphatic carbocycles. The van der Waals surface area contributed by atoms with Crippen molar-refractivity contribution in [2.24, 2.45) is 0 Å². The van der Waals surface area contributed by atoms with E-state index in [0.29, 0.717) is 13.1 Å². The van der Waals surface area contributed by atoms with Crippen molar-refractivity contribution >= 4 is 11.6 Å². The first kappa shape index (κ1) is 14.3. The van der Waals surface area contributed by atoms with Gasteiger partial charge < -0.3 is 10.2 Å². The maximum atomic E-state index is 13.1. The third-order valence-corrected chi connectivity index (χ3v) is 3.08. The summed E-state index contributed by atoms with van der Waals surface area (Å²) in [5.74, 6) is -0.238. The van der Waals surface area contributed by atoms with E-state index in [0.717, 1.165) is 6.07 Å². The third kappa shape index (κ3) is 2.91. The van der Waals surface area contributed by atoms with Gasteiger partial charge in [-0.05, 0) is 5.56 Å². The number of carbonyl (C=O) groups excluding carboxylic acids is 1. The molecule has 1 N–H and O–H groups in total. The molecule has 1 amide bonds. The number of benzene rings is 1. The molecule has 0 atom stereocenters. The molecule has 2 rings (SSSR count). The summed E-state index contributed by atoms with van der Waals surface area (Å²) in [5, 5.41) is 2.86. The fourth-order valence-electron chi connectivity index (χ4n) is 2.16. The molecule has 1 aromatic rings. The van der Waals surface area contributed by atoms with Crippen LogP contribution in [-0.4, -0.2) is 30.4 Å². The highest BCUT2D eigenvalue weighted by Crippen LogP contribution is 2.39. The molecule has 0 radical (unpaired) electrons. The Balaban J connectivity index is 2.37. The predicted molar refractivity (Wildman–Crippen MR) is 66.0 cm³/mol. The Morgan fingerprint density at radius 1 is 1.40 bits per heavy atom. The van der Waals surface area contributed by atoms with Crippen LogP contribution in [0.15, 0.2) is 18.2 Å². The van der Waals surface area contributed by atoms with E-state index in [1.54, 1.807) is 0 Å². The minimum Gasteiger partial charge on any atom is -0.336 e. The second kappa shape index (κ2) is 5.51. The van der Waals surface area contributed by atoms with Crippen LogP contribution in [0.4, 0.5) is 18.9 Å². The lowest BCUT2D eigenvalue weighted by Gasteiger charge is -2.28. The molecule has 1 aliphatic rings. The fourth-order valence-corrected chi connectivity index (χ4v) is 2.16. The van der Waals surface area contributed by atoms with Gasteiger partial charge in [0.25, 0.3) is 0 Å². The van der Waals surface area contributed by atoms with Gasteiger partial charge >= 0.3 is 6.18 Å². The summed E-state index contributed by atoms with van der Waals surface area (Å²) < 4.78 is 39.3. The van der Waals surface area contributed by atoms with Crippen LogP contribution in [0.1, 0.15) is 11.1 Å². The summed E-state index contributed by atoms with van der Waals surface area (Å²) in [6, 6.07) is 3.86. The lowest BCUT2D eigenvalue weighted by atomic mass is 10.0.